The van der Waals surface area contributed by atoms with Crippen molar-refractivity contribution in [2.24, 2.45) is 5.92 Å². The van der Waals surface area contributed by atoms with Crippen molar-refractivity contribution in [2.45, 2.75) is 19.3 Å². The van der Waals surface area contributed by atoms with Crippen molar-refractivity contribution in [3.63, 3.8) is 0 Å². The second kappa shape index (κ2) is 7.85. The fraction of sp³-hybridized carbons (Fsp3) is 0.533. The van der Waals surface area contributed by atoms with E-state index in [9.17, 15) is 9.18 Å². The van der Waals surface area contributed by atoms with Crippen LogP contribution in [-0.4, -0.2) is 32.1 Å². The number of ether oxygens (including phenoxy) is 1. The molecule has 0 aromatic heterocycles. The van der Waals surface area contributed by atoms with Gasteiger partial charge in [0.25, 0.3) is 0 Å². The molecule has 2 N–H and O–H groups in total. The van der Waals surface area contributed by atoms with Gasteiger partial charge in [0.15, 0.2) is 11.6 Å². The van der Waals surface area contributed by atoms with Crippen LogP contribution in [0, 0.1) is 11.7 Å². The summed E-state index contributed by atoms with van der Waals surface area (Å²) in [6, 6.07) is 6.20. The van der Waals surface area contributed by atoms with Crippen molar-refractivity contribution in [1.82, 2.24) is 10.6 Å². The molecule has 1 saturated heterocycles. The summed E-state index contributed by atoms with van der Waals surface area (Å²) in [5, 5.41) is 6.17. The quantitative estimate of drug-likeness (QED) is 0.799. The molecular formula is C15H21FN2O2. The molecule has 2 rings (SSSR count). The zero-order valence-electron chi connectivity index (χ0n) is 11.5. The predicted molar refractivity (Wildman–Crippen MR) is 75.1 cm³/mol. The van der Waals surface area contributed by atoms with E-state index in [-0.39, 0.29) is 24.7 Å². The van der Waals surface area contributed by atoms with Gasteiger partial charge in [0.2, 0.25) is 5.91 Å². The molecule has 1 fully saturated rings. The Morgan fingerprint density at radius 1 is 1.45 bits per heavy atom. The molecule has 20 heavy (non-hydrogen) atoms. The number of carbonyl (C=O) groups is 1. The smallest absolute Gasteiger partial charge is 0.223 e. The lowest BCUT2D eigenvalue weighted by atomic mass is 10.1. The van der Waals surface area contributed by atoms with Gasteiger partial charge in [-0.1, -0.05) is 12.1 Å². The summed E-state index contributed by atoms with van der Waals surface area (Å²) in [4.78, 5) is 11.6. The molecule has 1 heterocycles. The number of halogens is 1. The highest BCUT2D eigenvalue weighted by Crippen LogP contribution is 2.15. The average molecular weight is 280 g/mol. The molecule has 0 bridgehead atoms. The van der Waals surface area contributed by atoms with Gasteiger partial charge >= 0.3 is 0 Å². The van der Waals surface area contributed by atoms with Crippen LogP contribution in [0.2, 0.25) is 0 Å². The fourth-order valence-electron chi connectivity index (χ4n) is 2.28. The molecule has 1 aliphatic heterocycles. The van der Waals surface area contributed by atoms with Crippen molar-refractivity contribution in [3.8, 4) is 5.75 Å². The fourth-order valence-corrected chi connectivity index (χ4v) is 2.28. The van der Waals surface area contributed by atoms with Crippen LogP contribution in [0.15, 0.2) is 24.3 Å². The van der Waals surface area contributed by atoms with Gasteiger partial charge in [0.1, 0.15) is 0 Å². The van der Waals surface area contributed by atoms with Crippen LogP contribution in [0.5, 0.6) is 5.75 Å². The number of rotatable bonds is 7. The molecule has 5 heteroatoms. The Labute approximate surface area is 118 Å². The van der Waals surface area contributed by atoms with E-state index < -0.39 is 5.82 Å². The van der Waals surface area contributed by atoms with Crippen molar-refractivity contribution < 1.29 is 13.9 Å². The van der Waals surface area contributed by atoms with Crippen LogP contribution < -0.4 is 15.4 Å². The zero-order chi connectivity index (χ0) is 14.2. The Balaban J connectivity index is 1.57. The molecule has 1 unspecified atom stereocenters. The summed E-state index contributed by atoms with van der Waals surface area (Å²) in [6.07, 6.45) is 2.44. The maximum Gasteiger partial charge on any atom is 0.223 e. The standard InChI is InChI=1S/C15H21FN2O2/c16-13-3-1-2-4-14(13)20-10-7-15(19)18-9-6-12-5-8-17-11-12/h1-4,12,17H,5-11H2,(H,18,19). The summed E-state index contributed by atoms with van der Waals surface area (Å²) in [5.74, 6) is 0.413. The van der Waals surface area contributed by atoms with Gasteiger partial charge in [-0.15, -0.1) is 0 Å². The van der Waals surface area contributed by atoms with Crippen LogP contribution in [0.25, 0.3) is 0 Å². The lowest BCUT2D eigenvalue weighted by molar-refractivity contribution is -0.121. The van der Waals surface area contributed by atoms with Gasteiger partial charge in [-0.2, -0.15) is 0 Å². The van der Waals surface area contributed by atoms with Crippen molar-refractivity contribution >= 4 is 5.91 Å². The normalized spacial score (nSPS) is 17.9. The molecule has 0 saturated carbocycles. The second-order valence-corrected chi connectivity index (χ2v) is 5.03. The van der Waals surface area contributed by atoms with Gasteiger partial charge in [0, 0.05) is 6.54 Å². The highest BCUT2D eigenvalue weighted by Gasteiger charge is 2.14. The number of hydrogen-bond acceptors (Lipinski definition) is 3. The Bertz CT molecular complexity index is 434. The van der Waals surface area contributed by atoms with E-state index >= 15 is 0 Å². The largest absolute Gasteiger partial charge is 0.490 e. The number of carbonyl (C=O) groups excluding carboxylic acids is 1. The third-order valence-electron chi connectivity index (χ3n) is 3.46. The van der Waals surface area contributed by atoms with Gasteiger partial charge in [-0.05, 0) is 44.0 Å². The van der Waals surface area contributed by atoms with E-state index in [2.05, 4.69) is 10.6 Å². The Hall–Kier alpha value is -1.62. The highest BCUT2D eigenvalue weighted by molar-refractivity contribution is 5.75. The monoisotopic (exact) mass is 280 g/mol. The summed E-state index contributed by atoms with van der Waals surface area (Å²) >= 11 is 0. The molecule has 1 atom stereocenters. The van der Waals surface area contributed by atoms with Crippen LogP contribution in [-0.2, 0) is 4.79 Å². The Kier molecular flexibility index (Phi) is 5.80. The predicted octanol–water partition coefficient (Wildman–Crippen LogP) is 1.71. The van der Waals surface area contributed by atoms with E-state index in [4.69, 9.17) is 4.74 Å². The maximum atomic E-state index is 13.3. The third kappa shape index (κ3) is 4.81. The molecule has 4 nitrogen and oxygen atoms in total. The molecule has 1 aromatic rings. The van der Waals surface area contributed by atoms with E-state index in [0.717, 1.165) is 19.5 Å². The lowest BCUT2D eigenvalue weighted by Crippen LogP contribution is -2.27. The number of nitrogens with one attached hydrogen (secondary N) is 2. The van der Waals surface area contributed by atoms with Gasteiger partial charge < -0.3 is 15.4 Å². The number of para-hydroxylation sites is 1. The number of hydrogen-bond donors (Lipinski definition) is 2. The van der Waals surface area contributed by atoms with Gasteiger partial charge in [0.05, 0.1) is 13.0 Å². The topological polar surface area (TPSA) is 50.4 Å². The summed E-state index contributed by atoms with van der Waals surface area (Å²) < 4.78 is 18.5. The third-order valence-corrected chi connectivity index (χ3v) is 3.46. The van der Waals surface area contributed by atoms with E-state index in [1.807, 2.05) is 0 Å². The minimum Gasteiger partial charge on any atom is -0.490 e. The van der Waals surface area contributed by atoms with Crippen LogP contribution in [0.3, 0.4) is 0 Å². The van der Waals surface area contributed by atoms with Crippen LogP contribution in [0.1, 0.15) is 19.3 Å². The summed E-state index contributed by atoms with van der Waals surface area (Å²) in [5.41, 5.74) is 0. The average Bonchev–Trinajstić information content (AvgIpc) is 2.94. The van der Waals surface area contributed by atoms with E-state index in [1.54, 1.807) is 18.2 Å². The maximum absolute atomic E-state index is 13.3. The number of benzene rings is 1. The number of amides is 1. The first-order valence-electron chi connectivity index (χ1n) is 7.10. The Morgan fingerprint density at radius 3 is 3.05 bits per heavy atom. The van der Waals surface area contributed by atoms with Crippen molar-refractivity contribution in [1.29, 1.82) is 0 Å². The lowest BCUT2D eigenvalue weighted by Gasteiger charge is -2.10. The van der Waals surface area contributed by atoms with E-state index in [0.29, 0.717) is 12.5 Å². The molecule has 1 amide bonds. The SMILES string of the molecule is O=C(CCOc1ccccc1F)NCCC1CCNC1. The molecule has 1 aliphatic rings. The van der Waals surface area contributed by atoms with Crippen LogP contribution >= 0.6 is 0 Å². The molecule has 0 spiro atoms. The van der Waals surface area contributed by atoms with Crippen molar-refractivity contribution in [2.75, 3.05) is 26.2 Å². The molecule has 0 radical (unpaired) electrons. The Morgan fingerprint density at radius 2 is 2.30 bits per heavy atom. The summed E-state index contributed by atoms with van der Waals surface area (Å²) in [7, 11) is 0. The van der Waals surface area contributed by atoms with E-state index in [1.165, 1.54) is 12.5 Å². The second-order valence-electron chi connectivity index (χ2n) is 5.03. The molecule has 1 aromatic carbocycles. The minimum absolute atomic E-state index is 0.0488. The van der Waals surface area contributed by atoms with Crippen molar-refractivity contribution in [3.05, 3.63) is 30.1 Å². The molecule has 0 aliphatic carbocycles. The van der Waals surface area contributed by atoms with Crippen LogP contribution in [0.4, 0.5) is 4.39 Å². The molecule has 110 valence electrons. The molecular weight excluding hydrogens is 259 g/mol. The van der Waals surface area contributed by atoms with Gasteiger partial charge in [-0.25, -0.2) is 4.39 Å². The first-order chi connectivity index (χ1) is 9.75. The zero-order valence-corrected chi connectivity index (χ0v) is 11.5. The summed E-state index contributed by atoms with van der Waals surface area (Å²) in [6.45, 7) is 3.02. The minimum atomic E-state index is -0.401. The van der Waals surface area contributed by atoms with Gasteiger partial charge in [-0.3, -0.25) is 4.79 Å². The first kappa shape index (κ1) is 14.8. The highest BCUT2D eigenvalue weighted by atomic mass is 19.1. The first-order valence-corrected chi connectivity index (χ1v) is 7.10.